The quantitative estimate of drug-likeness (QED) is 0.692. The summed E-state index contributed by atoms with van der Waals surface area (Å²) in [6, 6.07) is 5.68. The van der Waals surface area contributed by atoms with Crippen molar-refractivity contribution in [2.24, 2.45) is 0 Å². The highest BCUT2D eigenvalue weighted by Gasteiger charge is 2.00. The average Bonchev–Trinajstić information content (AvgIpc) is 2.09. The molecule has 0 fully saturated rings. The largest absolute Gasteiger partial charge is 0.385 e. The van der Waals surface area contributed by atoms with E-state index in [0.29, 0.717) is 0 Å². The molecule has 0 aliphatic carbocycles. The highest BCUT2D eigenvalue weighted by molar-refractivity contribution is 5.80. The number of rotatable bonds is 3. The molecule has 1 aromatic rings. The fourth-order valence-electron chi connectivity index (χ4n) is 1.16. The van der Waals surface area contributed by atoms with Crippen molar-refractivity contribution in [2.45, 2.75) is 13.8 Å². The summed E-state index contributed by atoms with van der Waals surface area (Å²) in [5.74, 6) is 0. The molecular formula is C10H13NO. The van der Waals surface area contributed by atoms with E-state index in [-0.39, 0.29) is 0 Å². The molecule has 0 amide bonds. The van der Waals surface area contributed by atoms with Gasteiger partial charge in [-0.15, -0.1) is 0 Å². The molecule has 0 bridgehead atoms. The van der Waals surface area contributed by atoms with E-state index in [2.05, 4.69) is 5.32 Å². The predicted molar refractivity (Wildman–Crippen MR) is 50.7 cm³/mol. The minimum Gasteiger partial charge on any atom is -0.385 e. The lowest BCUT2D eigenvalue weighted by Crippen LogP contribution is -2.00. The van der Waals surface area contributed by atoms with Crippen LogP contribution in [0.2, 0.25) is 0 Å². The molecule has 0 aromatic heterocycles. The minimum atomic E-state index is 0.758. The summed E-state index contributed by atoms with van der Waals surface area (Å²) >= 11 is 0. The van der Waals surface area contributed by atoms with Crippen molar-refractivity contribution < 1.29 is 4.79 Å². The summed E-state index contributed by atoms with van der Waals surface area (Å²) in [5.41, 5.74) is 2.82. The van der Waals surface area contributed by atoms with Gasteiger partial charge in [-0.3, -0.25) is 4.79 Å². The summed E-state index contributed by atoms with van der Waals surface area (Å²) in [7, 11) is 0. The molecule has 0 aliphatic rings. The summed E-state index contributed by atoms with van der Waals surface area (Å²) in [4.78, 5) is 10.6. The Hall–Kier alpha value is -1.31. The molecule has 2 heteroatoms. The van der Waals surface area contributed by atoms with Crippen molar-refractivity contribution in [1.29, 1.82) is 0 Å². The Labute approximate surface area is 72.6 Å². The Morgan fingerprint density at radius 1 is 1.50 bits per heavy atom. The van der Waals surface area contributed by atoms with Crippen molar-refractivity contribution in [1.82, 2.24) is 0 Å². The van der Waals surface area contributed by atoms with E-state index in [1.165, 1.54) is 0 Å². The first-order valence-corrected chi connectivity index (χ1v) is 4.08. The number of anilines is 1. The summed E-state index contributed by atoms with van der Waals surface area (Å²) in [6.45, 7) is 4.86. The number of nitrogens with one attached hydrogen (secondary N) is 1. The van der Waals surface area contributed by atoms with Crippen LogP contribution in [0.25, 0.3) is 0 Å². The number of aldehydes is 1. The smallest absolute Gasteiger partial charge is 0.150 e. The maximum absolute atomic E-state index is 10.6. The second-order valence-electron chi connectivity index (χ2n) is 2.67. The maximum atomic E-state index is 10.6. The molecule has 0 spiro atoms. The van der Waals surface area contributed by atoms with E-state index in [1.54, 1.807) is 0 Å². The molecule has 0 saturated heterocycles. The molecule has 1 rings (SSSR count). The van der Waals surface area contributed by atoms with Crippen LogP contribution < -0.4 is 5.32 Å². The van der Waals surface area contributed by atoms with Crippen molar-refractivity contribution in [3.8, 4) is 0 Å². The van der Waals surface area contributed by atoms with E-state index in [4.69, 9.17) is 0 Å². The predicted octanol–water partition coefficient (Wildman–Crippen LogP) is 2.24. The molecule has 2 nitrogen and oxygen atoms in total. The van der Waals surface area contributed by atoms with Crippen LogP contribution in [0.1, 0.15) is 22.8 Å². The van der Waals surface area contributed by atoms with Gasteiger partial charge in [0.15, 0.2) is 0 Å². The molecule has 1 N–H and O–H groups in total. The molecule has 64 valence electrons. The van der Waals surface area contributed by atoms with Gasteiger partial charge in [0, 0.05) is 17.8 Å². The fourth-order valence-corrected chi connectivity index (χ4v) is 1.16. The van der Waals surface area contributed by atoms with Gasteiger partial charge in [0.05, 0.1) is 0 Å². The molecule has 0 heterocycles. The lowest BCUT2D eigenvalue weighted by atomic mass is 10.1. The number of benzene rings is 1. The minimum absolute atomic E-state index is 0.758. The highest BCUT2D eigenvalue weighted by atomic mass is 16.1. The van der Waals surface area contributed by atoms with Crippen molar-refractivity contribution in [2.75, 3.05) is 11.9 Å². The van der Waals surface area contributed by atoms with Crippen molar-refractivity contribution >= 4 is 12.0 Å². The Morgan fingerprint density at radius 3 is 2.83 bits per heavy atom. The van der Waals surface area contributed by atoms with Crippen molar-refractivity contribution in [3.05, 3.63) is 29.3 Å². The molecule has 0 unspecified atom stereocenters. The van der Waals surface area contributed by atoms with Gasteiger partial charge in [-0.2, -0.15) is 0 Å². The van der Waals surface area contributed by atoms with Crippen LogP contribution in [0.4, 0.5) is 5.69 Å². The van der Waals surface area contributed by atoms with Gasteiger partial charge in [-0.05, 0) is 25.5 Å². The lowest BCUT2D eigenvalue weighted by molar-refractivity contribution is 0.112. The number of hydrogen-bond donors (Lipinski definition) is 1. The Morgan fingerprint density at radius 2 is 2.25 bits per heavy atom. The second-order valence-corrected chi connectivity index (χ2v) is 2.67. The zero-order valence-corrected chi connectivity index (χ0v) is 7.42. The summed E-state index contributed by atoms with van der Waals surface area (Å²) in [5, 5.41) is 3.19. The number of carbonyl (C=O) groups is 1. The number of hydrogen-bond acceptors (Lipinski definition) is 2. The van der Waals surface area contributed by atoms with Crippen molar-refractivity contribution in [3.63, 3.8) is 0 Å². The van der Waals surface area contributed by atoms with Crippen LogP contribution in [-0.2, 0) is 0 Å². The van der Waals surface area contributed by atoms with Gasteiger partial charge in [-0.1, -0.05) is 12.1 Å². The van der Waals surface area contributed by atoms with Gasteiger partial charge >= 0.3 is 0 Å². The Kier molecular flexibility index (Phi) is 2.86. The standard InChI is InChI=1S/C10H13NO/c1-3-11-10-6-4-5-9(7-12)8(10)2/h4-7,11H,3H2,1-2H3. The van der Waals surface area contributed by atoms with Crippen LogP contribution in [-0.4, -0.2) is 12.8 Å². The first-order chi connectivity index (χ1) is 5.79. The fraction of sp³-hybridized carbons (Fsp3) is 0.300. The summed E-state index contributed by atoms with van der Waals surface area (Å²) in [6.07, 6.45) is 0.885. The van der Waals surface area contributed by atoms with E-state index in [9.17, 15) is 4.79 Å². The van der Waals surface area contributed by atoms with Gasteiger partial charge in [0.25, 0.3) is 0 Å². The van der Waals surface area contributed by atoms with Crippen LogP contribution >= 0.6 is 0 Å². The van der Waals surface area contributed by atoms with Crippen LogP contribution in [0, 0.1) is 6.92 Å². The maximum Gasteiger partial charge on any atom is 0.150 e. The third-order valence-corrected chi connectivity index (χ3v) is 1.87. The van der Waals surface area contributed by atoms with E-state index in [0.717, 1.165) is 29.6 Å². The van der Waals surface area contributed by atoms with Gasteiger partial charge in [-0.25, -0.2) is 0 Å². The van der Waals surface area contributed by atoms with Crippen LogP contribution in [0.15, 0.2) is 18.2 Å². The number of carbonyl (C=O) groups excluding carboxylic acids is 1. The molecular weight excluding hydrogens is 150 g/mol. The van der Waals surface area contributed by atoms with Gasteiger partial charge in [0.1, 0.15) is 6.29 Å². The van der Waals surface area contributed by atoms with E-state index >= 15 is 0 Å². The third-order valence-electron chi connectivity index (χ3n) is 1.87. The Bertz CT molecular complexity index is 281. The monoisotopic (exact) mass is 163 g/mol. The summed E-state index contributed by atoms with van der Waals surface area (Å²) < 4.78 is 0. The van der Waals surface area contributed by atoms with Gasteiger partial charge < -0.3 is 5.32 Å². The van der Waals surface area contributed by atoms with E-state index < -0.39 is 0 Å². The van der Waals surface area contributed by atoms with Crippen LogP contribution in [0.5, 0.6) is 0 Å². The third kappa shape index (κ3) is 1.64. The first-order valence-electron chi connectivity index (χ1n) is 4.08. The topological polar surface area (TPSA) is 29.1 Å². The first kappa shape index (κ1) is 8.78. The SMILES string of the molecule is CCNc1cccc(C=O)c1C. The zero-order chi connectivity index (χ0) is 8.97. The van der Waals surface area contributed by atoms with Gasteiger partial charge in [0.2, 0.25) is 0 Å². The zero-order valence-electron chi connectivity index (χ0n) is 7.42. The molecule has 1 aromatic carbocycles. The molecule has 12 heavy (non-hydrogen) atoms. The second kappa shape index (κ2) is 3.90. The lowest BCUT2D eigenvalue weighted by Gasteiger charge is -2.07. The Balaban J connectivity index is 3.04. The average molecular weight is 163 g/mol. The molecule has 0 atom stereocenters. The molecule has 0 aliphatic heterocycles. The highest BCUT2D eigenvalue weighted by Crippen LogP contribution is 2.16. The normalized spacial score (nSPS) is 9.50. The molecule has 0 saturated carbocycles. The molecule has 0 radical (unpaired) electrons. The van der Waals surface area contributed by atoms with Crippen LogP contribution in [0.3, 0.4) is 0 Å². The van der Waals surface area contributed by atoms with E-state index in [1.807, 2.05) is 32.0 Å².